The highest BCUT2D eigenvalue weighted by atomic mass is 32.2. The first-order valence-electron chi connectivity index (χ1n) is 5.94. The predicted molar refractivity (Wildman–Crippen MR) is 76.7 cm³/mol. The summed E-state index contributed by atoms with van der Waals surface area (Å²) >= 11 is 0. The highest BCUT2D eigenvalue weighted by Crippen LogP contribution is 2.15. The molecule has 1 amide bonds. The van der Waals surface area contributed by atoms with E-state index < -0.39 is 43.3 Å². The maximum absolute atomic E-state index is 11.8. The van der Waals surface area contributed by atoms with Crippen molar-refractivity contribution in [1.82, 2.24) is 5.32 Å². The molecule has 20 heavy (non-hydrogen) atoms. The van der Waals surface area contributed by atoms with Crippen molar-refractivity contribution in [2.45, 2.75) is 38.5 Å². The van der Waals surface area contributed by atoms with Crippen molar-refractivity contribution in [3.05, 3.63) is 0 Å². The van der Waals surface area contributed by atoms with Gasteiger partial charge in [-0.15, -0.1) is 0 Å². The van der Waals surface area contributed by atoms with Crippen LogP contribution in [0.4, 0.5) is 0 Å². The van der Waals surface area contributed by atoms with Gasteiger partial charge in [-0.25, -0.2) is 13.2 Å². The summed E-state index contributed by atoms with van der Waals surface area (Å²) in [4.78, 5) is 21.7. The van der Waals surface area contributed by atoms with Crippen LogP contribution in [0.5, 0.6) is 0 Å². The van der Waals surface area contributed by atoms with Crippen LogP contribution >= 0.6 is 0 Å². The molecule has 0 aliphatic heterocycles. The number of nitrogens with one attached hydrogen (secondary N) is 1. The Labute approximate surface area is 121 Å². The summed E-state index contributed by atoms with van der Waals surface area (Å²) in [6.45, 7) is 5.79. The van der Waals surface area contributed by atoms with Crippen LogP contribution in [0.15, 0.2) is 0 Å². The number of carbonyl (C=O) groups excluding carboxylic acids is 1. The first-order valence-corrected chi connectivity index (χ1v) is 9.08. The maximum atomic E-state index is 11.8. The number of carboxylic acid groups (broad SMARTS) is 1. The number of carboxylic acids is 1. The van der Waals surface area contributed by atoms with Crippen LogP contribution in [0.1, 0.15) is 27.7 Å². The van der Waals surface area contributed by atoms with E-state index in [-0.39, 0.29) is 17.3 Å². The van der Waals surface area contributed by atoms with E-state index in [9.17, 15) is 22.2 Å². The number of hydrogen-bond acceptors (Lipinski definition) is 5. The van der Waals surface area contributed by atoms with Gasteiger partial charge in [0.15, 0.2) is 9.84 Å². The molecule has 0 saturated carbocycles. The van der Waals surface area contributed by atoms with E-state index >= 15 is 0 Å². The lowest BCUT2D eigenvalue weighted by Crippen LogP contribution is -2.44. The van der Waals surface area contributed by atoms with Gasteiger partial charge in [0.05, 0.1) is 16.3 Å². The van der Waals surface area contributed by atoms with Crippen LogP contribution in [-0.4, -0.2) is 57.7 Å². The molecule has 0 aliphatic rings. The third-order valence-corrected chi connectivity index (χ3v) is 6.77. The molecule has 2 atom stereocenters. The summed E-state index contributed by atoms with van der Waals surface area (Å²) in [6, 6.07) is -1.27. The number of aliphatic carboxylic acids is 1. The molecular weight excluding hydrogens is 306 g/mol. The lowest BCUT2D eigenvalue weighted by molar-refractivity contribution is -0.140. The van der Waals surface area contributed by atoms with E-state index in [0.717, 1.165) is 6.92 Å². The van der Waals surface area contributed by atoms with E-state index in [0.29, 0.717) is 0 Å². The highest BCUT2D eigenvalue weighted by Gasteiger charge is 2.29. The van der Waals surface area contributed by atoms with Gasteiger partial charge in [0.25, 0.3) is 0 Å². The van der Waals surface area contributed by atoms with Gasteiger partial charge in [0.1, 0.15) is 6.04 Å². The second kappa shape index (κ2) is 7.16. The van der Waals surface area contributed by atoms with Crippen molar-refractivity contribution in [3.63, 3.8) is 0 Å². The fraction of sp³-hybridized carbons (Fsp3) is 0.818. The van der Waals surface area contributed by atoms with Crippen molar-refractivity contribution in [2.24, 2.45) is 0 Å². The van der Waals surface area contributed by atoms with Gasteiger partial charge in [0.2, 0.25) is 5.91 Å². The number of hydrogen-bond donors (Lipinski definition) is 2. The number of sulfone groups is 1. The molecule has 0 heterocycles. The fourth-order valence-corrected chi connectivity index (χ4v) is 4.20. The van der Waals surface area contributed by atoms with Gasteiger partial charge in [0, 0.05) is 23.5 Å². The average Bonchev–Trinajstić information content (AvgIpc) is 2.23. The Morgan fingerprint density at radius 3 is 2.15 bits per heavy atom. The Morgan fingerprint density at radius 2 is 1.80 bits per heavy atom. The smallest absolute Gasteiger partial charge is 0.327 e. The monoisotopic (exact) mass is 327 g/mol. The molecule has 0 bridgehead atoms. The zero-order chi connectivity index (χ0) is 16.1. The van der Waals surface area contributed by atoms with Crippen molar-refractivity contribution in [1.29, 1.82) is 0 Å². The molecule has 118 valence electrons. The first kappa shape index (κ1) is 19.0. The third-order valence-electron chi connectivity index (χ3n) is 2.54. The lowest BCUT2D eigenvalue weighted by atomic mass is 10.3. The molecule has 7 nitrogen and oxygen atoms in total. The molecule has 0 spiro atoms. The summed E-state index contributed by atoms with van der Waals surface area (Å²) < 4.78 is 34.5. The zero-order valence-electron chi connectivity index (χ0n) is 12.0. The molecule has 0 aliphatic carbocycles. The summed E-state index contributed by atoms with van der Waals surface area (Å²) in [5.74, 6) is -2.59. The van der Waals surface area contributed by atoms with E-state index in [1.165, 1.54) is 0 Å². The molecule has 0 radical (unpaired) electrons. The van der Waals surface area contributed by atoms with Gasteiger partial charge in [-0.05, 0) is 20.8 Å². The zero-order valence-corrected chi connectivity index (χ0v) is 13.6. The topological polar surface area (TPSA) is 118 Å². The second-order valence-electron chi connectivity index (χ2n) is 5.33. The van der Waals surface area contributed by atoms with Gasteiger partial charge in [-0.3, -0.25) is 9.00 Å². The Morgan fingerprint density at radius 1 is 1.30 bits per heavy atom. The minimum absolute atomic E-state index is 0.150. The predicted octanol–water partition coefficient (Wildman–Crippen LogP) is -0.462. The molecule has 0 saturated heterocycles. The fourth-order valence-electron chi connectivity index (χ4n) is 1.20. The summed E-state index contributed by atoms with van der Waals surface area (Å²) in [5, 5.41) is 11.0. The van der Waals surface area contributed by atoms with Gasteiger partial charge in [-0.1, -0.05) is 0 Å². The highest BCUT2D eigenvalue weighted by molar-refractivity contribution is 7.94. The van der Waals surface area contributed by atoms with E-state index in [1.54, 1.807) is 20.8 Å². The minimum Gasteiger partial charge on any atom is -0.480 e. The van der Waals surface area contributed by atoms with Crippen molar-refractivity contribution in [3.8, 4) is 0 Å². The maximum Gasteiger partial charge on any atom is 0.327 e. The van der Waals surface area contributed by atoms with E-state index in [1.807, 2.05) is 0 Å². The number of carbonyl (C=O) groups is 2. The molecule has 2 N–H and O–H groups in total. The molecule has 0 fully saturated rings. The number of rotatable bonds is 7. The van der Waals surface area contributed by atoms with Gasteiger partial charge in [-0.2, -0.15) is 0 Å². The second-order valence-corrected chi connectivity index (χ2v) is 9.82. The van der Waals surface area contributed by atoms with Crippen LogP contribution in [0, 0.1) is 0 Å². The van der Waals surface area contributed by atoms with Crippen LogP contribution < -0.4 is 5.32 Å². The minimum atomic E-state index is -3.40. The lowest BCUT2D eigenvalue weighted by Gasteiger charge is -2.19. The van der Waals surface area contributed by atoms with Crippen molar-refractivity contribution < 1.29 is 27.3 Å². The van der Waals surface area contributed by atoms with Gasteiger partial charge < -0.3 is 10.4 Å². The Bertz CT molecular complexity index is 492. The Kier molecular flexibility index (Phi) is 6.82. The molecule has 2 unspecified atom stereocenters. The summed E-state index contributed by atoms with van der Waals surface area (Å²) in [6.07, 6.45) is 0. The molecular formula is C11H21NO6S2. The molecule has 0 aromatic rings. The third kappa shape index (κ3) is 6.47. The Hall–Kier alpha value is -0.960. The molecule has 9 heteroatoms. The van der Waals surface area contributed by atoms with Crippen molar-refractivity contribution >= 4 is 32.5 Å². The van der Waals surface area contributed by atoms with E-state index in [2.05, 4.69) is 5.32 Å². The standard InChI is InChI=1S/C11H21NO6S2/c1-8(13)12-9(10(14)15)7-19(16)5-6-20(17,18)11(2,3)4/h9H,5-7H2,1-4H3,(H,12,13)(H,14,15). The first-order chi connectivity index (χ1) is 8.86. The summed E-state index contributed by atoms with van der Waals surface area (Å²) in [5.41, 5.74) is 0. The largest absolute Gasteiger partial charge is 0.480 e. The SMILES string of the molecule is CC(=O)NC(CS(=O)CCS(=O)(=O)C(C)(C)C)C(=O)O. The molecule has 0 aromatic heterocycles. The average molecular weight is 327 g/mol. The molecule has 0 aromatic carbocycles. The van der Waals surface area contributed by atoms with Gasteiger partial charge >= 0.3 is 5.97 Å². The van der Waals surface area contributed by atoms with Crippen LogP contribution in [0.2, 0.25) is 0 Å². The van der Waals surface area contributed by atoms with Crippen LogP contribution in [0.25, 0.3) is 0 Å². The van der Waals surface area contributed by atoms with Crippen LogP contribution in [0.3, 0.4) is 0 Å². The normalized spacial score (nSPS) is 15.4. The molecule has 0 rings (SSSR count). The number of amides is 1. The van der Waals surface area contributed by atoms with Crippen molar-refractivity contribution in [2.75, 3.05) is 17.3 Å². The quantitative estimate of drug-likeness (QED) is 0.653. The van der Waals surface area contributed by atoms with E-state index in [4.69, 9.17) is 5.11 Å². The summed E-state index contributed by atoms with van der Waals surface area (Å²) in [7, 11) is -5.04. The Balaban J connectivity index is 4.57. The van der Waals surface area contributed by atoms with Crippen LogP contribution in [-0.2, 0) is 30.2 Å².